The molecule has 1 aliphatic carbocycles. The SMILES string of the molecule is COc1ccc(CC(=O)N(Cc2cccc(OC)c2)[C@H](C)C(=O)NC2CCCC2)cc1. The summed E-state index contributed by atoms with van der Waals surface area (Å²) < 4.78 is 10.5. The summed E-state index contributed by atoms with van der Waals surface area (Å²) in [6, 6.07) is 14.7. The minimum atomic E-state index is -0.572. The van der Waals surface area contributed by atoms with Crippen LogP contribution in [0, 0.1) is 0 Å². The van der Waals surface area contributed by atoms with Crippen molar-refractivity contribution in [3.05, 3.63) is 59.7 Å². The van der Waals surface area contributed by atoms with Crippen molar-refractivity contribution in [2.24, 2.45) is 0 Å². The largest absolute Gasteiger partial charge is 0.497 e. The van der Waals surface area contributed by atoms with Crippen LogP contribution in [0.3, 0.4) is 0 Å². The lowest BCUT2D eigenvalue weighted by atomic mass is 10.1. The number of hydrogen-bond acceptors (Lipinski definition) is 4. The summed E-state index contributed by atoms with van der Waals surface area (Å²) in [6.45, 7) is 2.14. The standard InChI is InChI=1S/C25H32N2O4/c1-18(25(29)26-21-8-4-5-9-21)27(17-20-7-6-10-23(15-20)31-3)24(28)16-19-11-13-22(30-2)14-12-19/h6-7,10-15,18,21H,4-5,8-9,16-17H2,1-3H3,(H,26,29)/t18-/m1/s1. The third-order valence-corrected chi connectivity index (χ3v) is 5.87. The van der Waals surface area contributed by atoms with Gasteiger partial charge in [0, 0.05) is 12.6 Å². The maximum atomic E-state index is 13.3. The van der Waals surface area contributed by atoms with Gasteiger partial charge in [0.1, 0.15) is 17.5 Å². The zero-order valence-electron chi connectivity index (χ0n) is 18.6. The summed E-state index contributed by atoms with van der Waals surface area (Å²) in [7, 11) is 3.23. The molecule has 1 aliphatic rings. The average Bonchev–Trinajstić information content (AvgIpc) is 3.30. The highest BCUT2D eigenvalue weighted by atomic mass is 16.5. The van der Waals surface area contributed by atoms with E-state index < -0.39 is 6.04 Å². The van der Waals surface area contributed by atoms with Gasteiger partial charge in [0.25, 0.3) is 0 Å². The van der Waals surface area contributed by atoms with Crippen molar-refractivity contribution in [1.29, 1.82) is 0 Å². The van der Waals surface area contributed by atoms with Gasteiger partial charge in [-0.05, 0) is 55.2 Å². The molecule has 1 saturated carbocycles. The lowest BCUT2D eigenvalue weighted by Crippen LogP contribution is -2.50. The second-order valence-corrected chi connectivity index (χ2v) is 8.06. The fourth-order valence-corrected chi connectivity index (χ4v) is 3.96. The van der Waals surface area contributed by atoms with E-state index in [0.717, 1.165) is 48.3 Å². The maximum Gasteiger partial charge on any atom is 0.242 e. The number of hydrogen-bond donors (Lipinski definition) is 1. The molecule has 6 heteroatoms. The normalized spacial score (nSPS) is 14.7. The number of rotatable bonds is 9. The van der Waals surface area contributed by atoms with Crippen molar-refractivity contribution in [3.63, 3.8) is 0 Å². The number of amides is 2. The zero-order chi connectivity index (χ0) is 22.2. The molecule has 0 saturated heterocycles. The first-order valence-corrected chi connectivity index (χ1v) is 10.9. The van der Waals surface area contributed by atoms with E-state index in [0.29, 0.717) is 6.54 Å². The van der Waals surface area contributed by atoms with Gasteiger partial charge in [0.2, 0.25) is 11.8 Å². The quantitative estimate of drug-likeness (QED) is 0.666. The van der Waals surface area contributed by atoms with Crippen LogP contribution in [0.5, 0.6) is 11.5 Å². The van der Waals surface area contributed by atoms with Crippen LogP contribution < -0.4 is 14.8 Å². The Labute approximate surface area is 184 Å². The Kier molecular flexibility index (Phi) is 7.93. The maximum absolute atomic E-state index is 13.3. The van der Waals surface area contributed by atoms with Gasteiger partial charge in [-0.25, -0.2) is 0 Å². The zero-order valence-corrected chi connectivity index (χ0v) is 18.6. The van der Waals surface area contributed by atoms with Crippen LogP contribution in [-0.4, -0.2) is 43.0 Å². The van der Waals surface area contributed by atoms with Gasteiger partial charge in [-0.15, -0.1) is 0 Å². The number of methoxy groups -OCH3 is 2. The lowest BCUT2D eigenvalue weighted by Gasteiger charge is -2.30. The van der Waals surface area contributed by atoms with E-state index in [2.05, 4.69) is 5.32 Å². The molecule has 0 heterocycles. The summed E-state index contributed by atoms with van der Waals surface area (Å²) in [5.74, 6) is 1.27. The van der Waals surface area contributed by atoms with E-state index in [1.165, 1.54) is 0 Å². The van der Waals surface area contributed by atoms with Crippen molar-refractivity contribution >= 4 is 11.8 Å². The molecule has 2 aromatic carbocycles. The topological polar surface area (TPSA) is 67.9 Å². The van der Waals surface area contributed by atoms with E-state index in [-0.39, 0.29) is 24.3 Å². The minimum Gasteiger partial charge on any atom is -0.497 e. The van der Waals surface area contributed by atoms with Crippen molar-refractivity contribution in [2.45, 2.75) is 57.7 Å². The summed E-state index contributed by atoms with van der Waals surface area (Å²) in [5.41, 5.74) is 1.80. The Morgan fingerprint density at radius 3 is 2.32 bits per heavy atom. The predicted molar refractivity (Wildman–Crippen MR) is 120 cm³/mol. The van der Waals surface area contributed by atoms with Gasteiger partial charge in [0.15, 0.2) is 0 Å². The monoisotopic (exact) mass is 424 g/mol. The van der Waals surface area contributed by atoms with Crippen molar-refractivity contribution in [2.75, 3.05) is 14.2 Å². The smallest absolute Gasteiger partial charge is 0.242 e. The molecular weight excluding hydrogens is 392 g/mol. The molecule has 1 N–H and O–H groups in total. The first kappa shape index (κ1) is 22.7. The Morgan fingerprint density at radius 2 is 1.68 bits per heavy atom. The summed E-state index contributed by atoms with van der Waals surface area (Å²) >= 11 is 0. The number of carbonyl (C=O) groups is 2. The van der Waals surface area contributed by atoms with Crippen molar-refractivity contribution in [1.82, 2.24) is 10.2 Å². The van der Waals surface area contributed by atoms with Gasteiger partial charge in [-0.3, -0.25) is 9.59 Å². The molecule has 166 valence electrons. The van der Waals surface area contributed by atoms with E-state index in [4.69, 9.17) is 9.47 Å². The summed E-state index contributed by atoms with van der Waals surface area (Å²) in [4.78, 5) is 27.9. The van der Waals surface area contributed by atoms with Crippen LogP contribution in [-0.2, 0) is 22.6 Å². The molecule has 1 atom stereocenters. The van der Waals surface area contributed by atoms with Crippen LogP contribution in [0.15, 0.2) is 48.5 Å². The van der Waals surface area contributed by atoms with E-state index >= 15 is 0 Å². The molecule has 1 fully saturated rings. The van der Waals surface area contributed by atoms with E-state index in [9.17, 15) is 9.59 Å². The molecule has 0 aliphatic heterocycles. The number of carbonyl (C=O) groups excluding carboxylic acids is 2. The minimum absolute atomic E-state index is 0.0953. The van der Waals surface area contributed by atoms with E-state index in [1.807, 2.05) is 48.5 Å². The molecule has 0 bridgehead atoms. The van der Waals surface area contributed by atoms with Gasteiger partial charge in [0.05, 0.1) is 20.6 Å². The highest BCUT2D eigenvalue weighted by Gasteiger charge is 2.28. The molecular formula is C25H32N2O4. The van der Waals surface area contributed by atoms with Gasteiger partial charge < -0.3 is 19.7 Å². The highest BCUT2D eigenvalue weighted by molar-refractivity contribution is 5.88. The first-order chi connectivity index (χ1) is 15.0. The molecule has 6 nitrogen and oxygen atoms in total. The predicted octanol–water partition coefficient (Wildman–Crippen LogP) is 3.72. The molecule has 2 amide bonds. The second kappa shape index (κ2) is 10.8. The van der Waals surface area contributed by atoms with Crippen LogP contribution in [0.2, 0.25) is 0 Å². The van der Waals surface area contributed by atoms with Crippen LogP contribution in [0.4, 0.5) is 0 Å². The fraction of sp³-hybridized carbons (Fsp3) is 0.440. The third-order valence-electron chi connectivity index (χ3n) is 5.87. The number of benzene rings is 2. The van der Waals surface area contributed by atoms with Crippen LogP contribution in [0.25, 0.3) is 0 Å². The summed E-state index contributed by atoms with van der Waals surface area (Å²) in [6.07, 6.45) is 4.52. The molecule has 2 aromatic rings. The van der Waals surface area contributed by atoms with Gasteiger partial charge >= 0.3 is 0 Å². The lowest BCUT2D eigenvalue weighted by molar-refractivity contribution is -0.140. The highest BCUT2D eigenvalue weighted by Crippen LogP contribution is 2.20. The molecule has 3 rings (SSSR count). The third kappa shape index (κ3) is 6.23. The second-order valence-electron chi connectivity index (χ2n) is 8.06. The van der Waals surface area contributed by atoms with Gasteiger partial charge in [-0.2, -0.15) is 0 Å². The first-order valence-electron chi connectivity index (χ1n) is 10.9. The summed E-state index contributed by atoms with van der Waals surface area (Å²) in [5, 5.41) is 3.13. The number of nitrogens with one attached hydrogen (secondary N) is 1. The van der Waals surface area contributed by atoms with Crippen molar-refractivity contribution < 1.29 is 19.1 Å². The Morgan fingerprint density at radius 1 is 1.00 bits per heavy atom. The number of nitrogens with zero attached hydrogens (tertiary/aromatic N) is 1. The molecule has 0 aromatic heterocycles. The molecule has 0 unspecified atom stereocenters. The van der Waals surface area contributed by atoms with Crippen LogP contribution in [0.1, 0.15) is 43.7 Å². The van der Waals surface area contributed by atoms with Gasteiger partial charge in [-0.1, -0.05) is 37.1 Å². The van der Waals surface area contributed by atoms with Crippen LogP contribution >= 0.6 is 0 Å². The van der Waals surface area contributed by atoms with Crippen molar-refractivity contribution in [3.8, 4) is 11.5 Å². The molecule has 0 spiro atoms. The van der Waals surface area contributed by atoms with E-state index in [1.54, 1.807) is 26.0 Å². The fourth-order valence-electron chi connectivity index (χ4n) is 3.96. The number of ether oxygens (including phenoxy) is 2. The molecule has 0 radical (unpaired) electrons. The Bertz CT molecular complexity index is 875. The average molecular weight is 425 g/mol. The Balaban J connectivity index is 1.77. The Hall–Kier alpha value is -3.02. The molecule has 31 heavy (non-hydrogen) atoms.